The molecule has 3 aromatic heterocycles. The van der Waals surface area contributed by atoms with E-state index in [0.717, 1.165) is 17.1 Å². The van der Waals surface area contributed by atoms with Crippen LogP contribution in [-0.2, 0) is 19.3 Å². The van der Waals surface area contributed by atoms with Crippen molar-refractivity contribution in [1.29, 1.82) is 0 Å². The summed E-state index contributed by atoms with van der Waals surface area (Å²) in [5, 5.41) is 0.734. The molecule has 0 spiro atoms. The summed E-state index contributed by atoms with van der Waals surface area (Å²) in [5.74, 6) is 0.405. The fourth-order valence-corrected chi connectivity index (χ4v) is 3.17. The van der Waals surface area contributed by atoms with Crippen LogP contribution in [0.25, 0.3) is 10.9 Å². The van der Waals surface area contributed by atoms with Gasteiger partial charge in [0, 0.05) is 23.3 Å². The number of aromatic nitrogens is 5. The van der Waals surface area contributed by atoms with Crippen molar-refractivity contribution in [3.8, 4) is 0 Å². The molecule has 0 aliphatic carbocycles. The summed E-state index contributed by atoms with van der Waals surface area (Å²) in [6.45, 7) is 5.76. The molecule has 0 saturated heterocycles. The smallest absolute Gasteiger partial charge is 0.383 e. The quantitative estimate of drug-likeness (QED) is 0.442. The van der Waals surface area contributed by atoms with Crippen LogP contribution in [0.4, 0.5) is 19.0 Å². The number of carbonyl (C=O) groups excluding carboxylic acids is 1. The summed E-state index contributed by atoms with van der Waals surface area (Å²) >= 11 is 0. The second-order valence-electron chi connectivity index (χ2n) is 7.31. The highest BCUT2D eigenvalue weighted by Crippen LogP contribution is 2.27. The number of nitrogens with zero attached hydrogens (tertiary/aromatic N) is 6. The largest absolute Gasteiger partial charge is 0.434 e. The van der Waals surface area contributed by atoms with E-state index in [0.29, 0.717) is 28.9 Å². The molecular formula is C24H24F3N7O. The van der Waals surface area contributed by atoms with Gasteiger partial charge in [-0.15, -0.1) is 0 Å². The highest BCUT2D eigenvalue weighted by molar-refractivity contribution is 5.98. The van der Waals surface area contributed by atoms with Gasteiger partial charge in [0.1, 0.15) is 11.6 Å². The van der Waals surface area contributed by atoms with Crippen molar-refractivity contribution >= 4 is 22.6 Å². The van der Waals surface area contributed by atoms with Gasteiger partial charge in [-0.25, -0.2) is 19.9 Å². The zero-order chi connectivity index (χ0) is 25.6. The number of pyridine rings is 1. The number of rotatable bonds is 5. The van der Waals surface area contributed by atoms with E-state index in [4.69, 9.17) is 5.73 Å². The highest BCUT2D eigenvalue weighted by atomic mass is 19.4. The number of hydrogen-bond acceptors (Lipinski definition) is 7. The molecule has 0 atom stereocenters. The lowest BCUT2D eigenvalue weighted by Crippen LogP contribution is -2.31. The number of aryl methyl sites for hydroxylation is 1. The van der Waals surface area contributed by atoms with Crippen LogP contribution in [0.15, 0.2) is 55.1 Å². The molecule has 8 nitrogen and oxygen atoms in total. The maximum Gasteiger partial charge on any atom is 0.434 e. The fraction of sp³-hybridized carbons (Fsp3) is 0.250. The fourth-order valence-electron chi connectivity index (χ4n) is 3.17. The van der Waals surface area contributed by atoms with Crippen molar-refractivity contribution in [1.82, 2.24) is 29.8 Å². The third-order valence-corrected chi connectivity index (χ3v) is 4.88. The summed E-state index contributed by atoms with van der Waals surface area (Å²) in [7, 11) is 0. The Hall–Kier alpha value is -4.15. The molecule has 3 heterocycles. The van der Waals surface area contributed by atoms with Crippen LogP contribution in [0.3, 0.4) is 0 Å². The first kappa shape index (κ1) is 25.5. The van der Waals surface area contributed by atoms with Crippen LogP contribution in [0.2, 0.25) is 0 Å². The predicted octanol–water partition coefficient (Wildman–Crippen LogP) is 4.59. The van der Waals surface area contributed by atoms with Gasteiger partial charge in [-0.2, -0.15) is 13.2 Å². The van der Waals surface area contributed by atoms with Gasteiger partial charge >= 0.3 is 6.18 Å². The molecule has 0 bridgehead atoms. The SMILES string of the molecule is CC.Cc1cc2cc(C(=O)N(Cc3cnc(C(F)(F)F)cn3)Cc3ncccn3)ccc2nc1N. The number of nitrogen functional groups attached to an aromatic ring is 1. The zero-order valence-corrected chi connectivity index (χ0v) is 19.4. The van der Waals surface area contributed by atoms with Gasteiger partial charge in [0.05, 0.1) is 36.7 Å². The minimum atomic E-state index is -4.60. The van der Waals surface area contributed by atoms with Crippen LogP contribution in [0.5, 0.6) is 0 Å². The van der Waals surface area contributed by atoms with E-state index < -0.39 is 11.9 Å². The number of carbonyl (C=O) groups is 1. The van der Waals surface area contributed by atoms with Crippen molar-refractivity contribution in [2.24, 2.45) is 0 Å². The molecule has 0 aliphatic heterocycles. The standard InChI is InChI=1S/C22H18F3N7O.C2H6/c1-13-7-15-8-14(3-4-17(15)31-20(13)26)21(33)32(12-19-27-5-2-6-28-19)11-16-9-30-18(10-29-16)22(23,24)25;1-2/h2-10H,11-12H2,1H3,(H2,26,31);1-2H3. The van der Waals surface area contributed by atoms with Gasteiger partial charge < -0.3 is 10.6 Å². The minimum absolute atomic E-state index is 0.0272. The van der Waals surface area contributed by atoms with Gasteiger partial charge in [0.2, 0.25) is 0 Å². The molecule has 11 heteroatoms. The first-order chi connectivity index (χ1) is 16.7. The summed E-state index contributed by atoms with van der Waals surface area (Å²) in [6, 6.07) is 8.47. The molecule has 0 fully saturated rings. The molecule has 2 N–H and O–H groups in total. The lowest BCUT2D eigenvalue weighted by Gasteiger charge is -2.22. The molecule has 0 saturated carbocycles. The summed E-state index contributed by atoms with van der Waals surface area (Å²) in [5.41, 5.74) is 6.73. The van der Waals surface area contributed by atoms with Gasteiger partial charge in [0.25, 0.3) is 5.91 Å². The van der Waals surface area contributed by atoms with Crippen LogP contribution in [-0.4, -0.2) is 35.7 Å². The third kappa shape index (κ3) is 6.25. The Morgan fingerprint density at radius 1 is 1.00 bits per heavy atom. The molecule has 1 amide bonds. The van der Waals surface area contributed by atoms with E-state index in [1.807, 2.05) is 26.8 Å². The van der Waals surface area contributed by atoms with E-state index >= 15 is 0 Å². The maximum atomic E-state index is 13.4. The molecule has 4 aromatic rings. The Morgan fingerprint density at radius 3 is 2.34 bits per heavy atom. The Bertz CT molecular complexity index is 1300. The number of alkyl halides is 3. The van der Waals surface area contributed by atoms with E-state index in [1.165, 1.54) is 17.3 Å². The lowest BCUT2D eigenvalue weighted by molar-refractivity contribution is -0.141. The van der Waals surface area contributed by atoms with Crippen molar-refractivity contribution in [2.45, 2.75) is 40.0 Å². The number of halogens is 3. The monoisotopic (exact) mass is 483 g/mol. The Labute approximate surface area is 200 Å². The molecule has 4 rings (SSSR count). The molecule has 0 unspecified atom stereocenters. The van der Waals surface area contributed by atoms with Crippen molar-refractivity contribution < 1.29 is 18.0 Å². The summed E-state index contributed by atoms with van der Waals surface area (Å²) in [6.07, 6.45) is 0.131. The van der Waals surface area contributed by atoms with Crippen molar-refractivity contribution in [2.75, 3.05) is 5.73 Å². The van der Waals surface area contributed by atoms with Gasteiger partial charge in [-0.05, 0) is 42.8 Å². The topological polar surface area (TPSA) is 111 Å². The number of hydrogen-bond donors (Lipinski definition) is 1. The van der Waals surface area contributed by atoms with Crippen LogP contribution < -0.4 is 5.73 Å². The van der Waals surface area contributed by atoms with E-state index in [-0.39, 0.29) is 24.7 Å². The molecular weight excluding hydrogens is 459 g/mol. The average molecular weight is 483 g/mol. The van der Waals surface area contributed by atoms with E-state index in [9.17, 15) is 18.0 Å². The van der Waals surface area contributed by atoms with Crippen LogP contribution in [0.1, 0.15) is 47.0 Å². The molecule has 182 valence electrons. The molecule has 1 aromatic carbocycles. The number of benzene rings is 1. The van der Waals surface area contributed by atoms with E-state index in [1.54, 1.807) is 24.3 Å². The maximum absolute atomic E-state index is 13.4. The second kappa shape index (κ2) is 10.9. The van der Waals surface area contributed by atoms with Gasteiger partial charge in [0.15, 0.2) is 5.69 Å². The second-order valence-corrected chi connectivity index (χ2v) is 7.31. The number of anilines is 1. The minimum Gasteiger partial charge on any atom is -0.383 e. The number of nitrogens with two attached hydrogens (primary N) is 1. The number of amides is 1. The Kier molecular flexibility index (Phi) is 7.90. The lowest BCUT2D eigenvalue weighted by atomic mass is 10.1. The third-order valence-electron chi connectivity index (χ3n) is 4.88. The van der Waals surface area contributed by atoms with E-state index in [2.05, 4.69) is 24.9 Å². The van der Waals surface area contributed by atoms with Crippen LogP contribution >= 0.6 is 0 Å². The first-order valence-electron chi connectivity index (χ1n) is 10.8. The summed E-state index contributed by atoms with van der Waals surface area (Å²) < 4.78 is 38.4. The summed E-state index contributed by atoms with van der Waals surface area (Å²) in [4.78, 5) is 34.6. The first-order valence-corrected chi connectivity index (χ1v) is 10.8. The Morgan fingerprint density at radius 2 is 1.71 bits per heavy atom. The molecule has 0 aliphatic rings. The van der Waals surface area contributed by atoms with Crippen molar-refractivity contribution in [3.05, 3.63) is 83.5 Å². The number of fused-ring (bicyclic) bond motifs is 1. The highest BCUT2D eigenvalue weighted by Gasteiger charge is 2.33. The van der Waals surface area contributed by atoms with Crippen molar-refractivity contribution in [3.63, 3.8) is 0 Å². The Balaban J connectivity index is 0.00000167. The average Bonchev–Trinajstić information content (AvgIpc) is 2.85. The van der Waals surface area contributed by atoms with Gasteiger partial charge in [-0.1, -0.05) is 13.8 Å². The molecule has 0 radical (unpaired) electrons. The van der Waals surface area contributed by atoms with Gasteiger partial charge in [-0.3, -0.25) is 9.78 Å². The van der Waals surface area contributed by atoms with Crippen LogP contribution in [0, 0.1) is 6.92 Å². The normalized spacial score (nSPS) is 11.0. The zero-order valence-electron chi connectivity index (χ0n) is 19.4. The molecule has 35 heavy (non-hydrogen) atoms. The predicted molar refractivity (Wildman–Crippen MR) is 125 cm³/mol.